The molecule has 0 spiro atoms. The fraction of sp³-hybridized carbons (Fsp3) is 0.667. The van der Waals surface area contributed by atoms with Gasteiger partial charge in [-0.25, -0.2) is 0 Å². The van der Waals surface area contributed by atoms with Crippen LogP contribution < -0.4 is 5.56 Å². The number of carbonyl (C=O) groups excluding carboxylic acids is 1. The van der Waals surface area contributed by atoms with Crippen molar-refractivity contribution in [2.75, 3.05) is 6.54 Å². The number of rotatable bonds is 3. The predicted molar refractivity (Wildman–Crippen MR) is 88.9 cm³/mol. The van der Waals surface area contributed by atoms with E-state index in [1.54, 1.807) is 17.7 Å². The summed E-state index contributed by atoms with van der Waals surface area (Å²) in [7, 11) is 1.76. The first-order valence-electron chi connectivity index (χ1n) is 7.98. The zero-order chi connectivity index (χ0) is 16.7. The molecule has 0 aromatic carbocycles. The normalized spacial score (nSPS) is 19.8. The van der Waals surface area contributed by atoms with Gasteiger partial charge < -0.3 is 9.47 Å². The Morgan fingerprint density at radius 2 is 1.82 bits per heavy atom. The van der Waals surface area contributed by atoms with Gasteiger partial charge in [-0.1, -0.05) is 13.8 Å². The standard InChI is InChI=1S/C18H28N2O2/c1-17(2,3)20-12-13(9-16(20)22)11-18(4,5)14-7-8-19(6)15(21)10-14/h7-8,10,13H,9,11-12H2,1-6H3. The Kier molecular flexibility index (Phi) is 4.24. The molecule has 0 radical (unpaired) electrons. The number of amides is 1. The maximum absolute atomic E-state index is 12.2. The highest BCUT2D eigenvalue weighted by Crippen LogP contribution is 2.36. The Labute approximate surface area is 133 Å². The molecular weight excluding hydrogens is 276 g/mol. The van der Waals surface area contributed by atoms with Crippen molar-refractivity contribution in [3.8, 4) is 0 Å². The van der Waals surface area contributed by atoms with Crippen molar-refractivity contribution in [2.45, 2.75) is 58.4 Å². The van der Waals surface area contributed by atoms with Crippen LogP contribution in [0, 0.1) is 5.92 Å². The molecule has 1 aromatic rings. The largest absolute Gasteiger partial charge is 0.338 e. The monoisotopic (exact) mass is 304 g/mol. The van der Waals surface area contributed by atoms with Crippen molar-refractivity contribution < 1.29 is 4.79 Å². The Morgan fingerprint density at radius 1 is 1.18 bits per heavy atom. The van der Waals surface area contributed by atoms with Crippen LogP contribution >= 0.6 is 0 Å². The number of aryl methyl sites for hydroxylation is 1. The average Bonchev–Trinajstić information content (AvgIpc) is 2.72. The Bertz CT molecular complexity index is 623. The van der Waals surface area contributed by atoms with Gasteiger partial charge in [-0.2, -0.15) is 0 Å². The molecule has 1 saturated heterocycles. The van der Waals surface area contributed by atoms with Crippen molar-refractivity contribution in [1.82, 2.24) is 9.47 Å². The minimum Gasteiger partial charge on any atom is -0.338 e. The number of hydrogen-bond acceptors (Lipinski definition) is 2. The first kappa shape index (κ1) is 16.8. The summed E-state index contributed by atoms with van der Waals surface area (Å²) >= 11 is 0. The molecule has 0 N–H and O–H groups in total. The van der Waals surface area contributed by atoms with Crippen molar-refractivity contribution in [3.63, 3.8) is 0 Å². The third kappa shape index (κ3) is 3.42. The minimum absolute atomic E-state index is 0.0180. The van der Waals surface area contributed by atoms with Gasteiger partial charge in [0, 0.05) is 37.8 Å². The SMILES string of the molecule is Cn1ccc(C(C)(C)CC2CC(=O)N(C(C)(C)C)C2)cc1=O. The van der Waals surface area contributed by atoms with Crippen molar-refractivity contribution >= 4 is 5.91 Å². The molecule has 0 bridgehead atoms. The van der Waals surface area contributed by atoms with Crippen molar-refractivity contribution in [3.05, 3.63) is 34.2 Å². The highest BCUT2D eigenvalue weighted by molar-refractivity contribution is 5.79. The van der Waals surface area contributed by atoms with Crippen molar-refractivity contribution in [1.29, 1.82) is 0 Å². The first-order chi connectivity index (χ1) is 10.0. The van der Waals surface area contributed by atoms with Crippen LogP contribution in [0.4, 0.5) is 0 Å². The molecule has 1 unspecified atom stereocenters. The number of pyridine rings is 1. The molecule has 1 fully saturated rings. The summed E-state index contributed by atoms with van der Waals surface area (Å²) in [6.07, 6.45) is 3.35. The van der Waals surface area contributed by atoms with E-state index in [4.69, 9.17) is 0 Å². The van der Waals surface area contributed by atoms with E-state index in [1.165, 1.54) is 0 Å². The quantitative estimate of drug-likeness (QED) is 0.861. The second-order valence-electron chi connectivity index (χ2n) is 8.20. The van der Waals surface area contributed by atoms with Crippen LogP contribution in [-0.2, 0) is 17.3 Å². The second kappa shape index (κ2) is 5.56. The Hall–Kier alpha value is -1.58. The molecule has 1 aliphatic rings. The summed E-state index contributed by atoms with van der Waals surface area (Å²) in [6.45, 7) is 11.4. The van der Waals surface area contributed by atoms with E-state index in [-0.39, 0.29) is 22.4 Å². The maximum atomic E-state index is 12.2. The molecule has 2 rings (SSSR count). The van der Waals surface area contributed by atoms with E-state index in [0.717, 1.165) is 18.5 Å². The first-order valence-corrected chi connectivity index (χ1v) is 7.98. The minimum atomic E-state index is -0.112. The highest BCUT2D eigenvalue weighted by atomic mass is 16.2. The lowest BCUT2D eigenvalue weighted by Gasteiger charge is -2.33. The summed E-state index contributed by atoms with van der Waals surface area (Å²) in [6, 6.07) is 3.73. The molecule has 2 heterocycles. The lowest BCUT2D eigenvalue weighted by atomic mass is 9.77. The number of nitrogens with zero attached hydrogens (tertiary/aromatic N) is 2. The lowest BCUT2D eigenvalue weighted by molar-refractivity contribution is -0.131. The highest BCUT2D eigenvalue weighted by Gasteiger charge is 2.38. The van der Waals surface area contributed by atoms with Gasteiger partial charge in [0.2, 0.25) is 5.91 Å². The van der Waals surface area contributed by atoms with Gasteiger partial charge in [-0.05, 0) is 50.2 Å². The molecule has 1 aliphatic heterocycles. The van der Waals surface area contributed by atoms with Gasteiger partial charge in [-0.3, -0.25) is 9.59 Å². The lowest BCUT2D eigenvalue weighted by Crippen LogP contribution is -2.42. The summed E-state index contributed by atoms with van der Waals surface area (Å²) in [5.41, 5.74) is 0.854. The number of aromatic nitrogens is 1. The van der Waals surface area contributed by atoms with E-state index in [2.05, 4.69) is 34.6 Å². The molecule has 4 nitrogen and oxygen atoms in total. The zero-order valence-corrected chi connectivity index (χ0v) is 14.6. The Morgan fingerprint density at radius 3 is 2.32 bits per heavy atom. The molecule has 0 aliphatic carbocycles. The molecule has 1 atom stereocenters. The number of hydrogen-bond donors (Lipinski definition) is 0. The predicted octanol–water partition coefficient (Wildman–Crippen LogP) is 2.70. The van der Waals surface area contributed by atoms with E-state index in [0.29, 0.717) is 12.3 Å². The molecule has 4 heteroatoms. The van der Waals surface area contributed by atoms with Crippen LogP contribution in [0.25, 0.3) is 0 Å². The van der Waals surface area contributed by atoms with Crippen LogP contribution in [0.3, 0.4) is 0 Å². The molecule has 1 aromatic heterocycles. The maximum Gasteiger partial charge on any atom is 0.250 e. The average molecular weight is 304 g/mol. The van der Waals surface area contributed by atoms with Crippen LogP contribution in [0.15, 0.2) is 23.1 Å². The molecular formula is C18H28N2O2. The van der Waals surface area contributed by atoms with Crippen LogP contribution in [0.2, 0.25) is 0 Å². The third-order valence-electron chi connectivity index (χ3n) is 4.70. The number of likely N-dealkylation sites (tertiary alicyclic amines) is 1. The molecule has 22 heavy (non-hydrogen) atoms. The van der Waals surface area contributed by atoms with E-state index >= 15 is 0 Å². The topological polar surface area (TPSA) is 42.3 Å². The van der Waals surface area contributed by atoms with Gasteiger partial charge in [0.1, 0.15) is 0 Å². The van der Waals surface area contributed by atoms with Gasteiger partial charge in [0.15, 0.2) is 0 Å². The molecule has 0 saturated carbocycles. The summed E-state index contributed by atoms with van der Waals surface area (Å²) in [5, 5.41) is 0. The van der Waals surface area contributed by atoms with Gasteiger partial charge in [-0.15, -0.1) is 0 Å². The summed E-state index contributed by atoms with van der Waals surface area (Å²) in [4.78, 5) is 26.1. The van der Waals surface area contributed by atoms with Crippen molar-refractivity contribution in [2.24, 2.45) is 13.0 Å². The third-order valence-corrected chi connectivity index (χ3v) is 4.70. The Balaban J connectivity index is 2.14. The summed E-state index contributed by atoms with van der Waals surface area (Å²) in [5.74, 6) is 0.600. The fourth-order valence-corrected chi connectivity index (χ4v) is 3.38. The van der Waals surface area contributed by atoms with Crippen LogP contribution in [0.5, 0.6) is 0 Å². The van der Waals surface area contributed by atoms with E-state index < -0.39 is 0 Å². The van der Waals surface area contributed by atoms with Gasteiger partial charge >= 0.3 is 0 Å². The van der Waals surface area contributed by atoms with E-state index in [9.17, 15) is 9.59 Å². The molecule has 1 amide bonds. The van der Waals surface area contributed by atoms with E-state index in [1.807, 2.05) is 17.2 Å². The summed E-state index contributed by atoms with van der Waals surface area (Å²) < 4.78 is 1.58. The van der Waals surface area contributed by atoms with Crippen LogP contribution in [0.1, 0.15) is 53.0 Å². The number of carbonyl (C=O) groups is 1. The van der Waals surface area contributed by atoms with Crippen LogP contribution in [-0.4, -0.2) is 27.5 Å². The molecule has 122 valence electrons. The fourth-order valence-electron chi connectivity index (χ4n) is 3.38. The van der Waals surface area contributed by atoms with Gasteiger partial charge in [0.25, 0.3) is 5.56 Å². The smallest absolute Gasteiger partial charge is 0.250 e. The zero-order valence-electron chi connectivity index (χ0n) is 14.6. The second-order valence-corrected chi connectivity index (χ2v) is 8.20. The van der Waals surface area contributed by atoms with Gasteiger partial charge in [0.05, 0.1) is 0 Å².